The molecule has 4 rings (SSSR count). The minimum Gasteiger partial charge on any atom is -0.360 e. The fourth-order valence-electron chi connectivity index (χ4n) is 3.83. The first kappa shape index (κ1) is 13.7. The molecule has 0 aliphatic carbocycles. The van der Waals surface area contributed by atoms with Crippen molar-refractivity contribution in [2.45, 2.75) is 20.4 Å². The van der Waals surface area contributed by atoms with Crippen LogP contribution in [-0.2, 0) is 6.54 Å². The average Bonchev–Trinajstić information content (AvgIpc) is 3.14. The quantitative estimate of drug-likeness (QED) is 0.859. The van der Waals surface area contributed by atoms with Gasteiger partial charge in [0.1, 0.15) is 12.1 Å². The summed E-state index contributed by atoms with van der Waals surface area (Å²) in [5.74, 6) is 3.51. The van der Waals surface area contributed by atoms with Crippen LogP contribution in [0, 0.1) is 25.7 Å². The second-order valence-electron chi connectivity index (χ2n) is 6.58. The van der Waals surface area contributed by atoms with E-state index in [0.29, 0.717) is 0 Å². The Hall–Kier alpha value is -1.95. The zero-order chi connectivity index (χ0) is 15.1. The van der Waals surface area contributed by atoms with Gasteiger partial charge in [0.25, 0.3) is 0 Å². The van der Waals surface area contributed by atoms with Gasteiger partial charge in [0, 0.05) is 44.0 Å². The van der Waals surface area contributed by atoms with E-state index in [1.165, 1.54) is 0 Å². The van der Waals surface area contributed by atoms with Crippen LogP contribution in [0.15, 0.2) is 23.1 Å². The minimum absolute atomic E-state index is 0.721. The van der Waals surface area contributed by atoms with Crippen LogP contribution >= 0.6 is 0 Å². The van der Waals surface area contributed by atoms with E-state index in [-0.39, 0.29) is 0 Å². The van der Waals surface area contributed by atoms with Gasteiger partial charge in [-0.1, -0.05) is 5.16 Å². The number of hydrogen-bond donors (Lipinski definition) is 0. The lowest BCUT2D eigenvalue weighted by atomic mass is 10.0. The first-order valence-electron chi connectivity index (χ1n) is 7.85. The Kier molecular flexibility index (Phi) is 3.33. The van der Waals surface area contributed by atoms with Crippen LogP contribution in [0.1, 0.15) is 17.0 Å². The molecule has 6 nitrogen and oxygen atoms in total. The van der Waals surface area contributed by atoms with Crippen molar-refractivity contribution in [3.05, 3.63) is 35.6 Å². The van der Waals surface area contributed by atoms with Crippen molar-refractivity contribution in [1.29, 1.82) is 0 Å². The summed E-state index contributed by atoms with van der Waals surface area (Å²) in [5.41, 5.74) is 2.12. The second kappa shape index (κ2) is 5.35. The molecule has 2 aromatic rings. The molecule has 6 heteroatoms. The number of aryl methyl sites for hydroxylation is 2. The van der Waals surface area contributed by atoms with Crippen LogP contribution < -0.4 is 4.90 Å². The van der Waals surface area contributed by atoms with Crippen LogP contribution in [0.25, 0.3) is 0 Å². The molecule has 0 radical (unpaired) electrons. The highest BCUT2D eigenvalue weighted by atomic mass is 16.5. The molecule has 2 saturated heterocycles. The first-order chi connectivity index (χ1) is 10.7. The lowest BCUT2D eigenvalue weighted by Crippen LogP contribution is -2.29. The maximum Gasteiger partial charge on any atom is 0.150 e. The smallest absolute Gasteiger partial charge is 0.150 e. The van der Waals surface area contributed by atoms with Gasteiger partial charge in [-0.15, -0.1) is 0 Å². The number of anilines is 1. The van der Waals surface area contributed by atoms with E-state index in [9.17, 15) is 0 Å². The Labute approximate surface area is 130 Å². The maximum absolute atomic E-state index is 5.34. The molecular weight excluding hydrogens is 278 g/mol. The van der Waals surface area contributed by atoms with E-state index >= 15 is 0 Å². The van der Waals surface area contributed by atoms with Crippen molar-refractivity contribution in [2.24, 2.45) is 11.8 Å². The van der Waals surface area contributed by atoms with Crippen LogP contribution in [0.5, 0.6) is 0 Å². The minimum atomic E-state index is 0.721. The van der Waals surface area contributed by atoms with Gasteiger partial charge < -0.3 is 9.42 Å². The highest BCUT2D eigenvalue weighted by Crippen LogP contribution is 2.34. The number of likely N-dealkylation sites (tertiary alicyclic amines) is 1. The van der Waals surface area contributed by atoms with E-state index in [1.54, 1.807) is 6.33 Å². The fourth-order valence-corrected chi connectivity index (χ4v) is 3.83. The third-order valence-electron chi connectivity index (χ3n) is 4.79. The standard InChI is InChI=1S/C16H21N5O/c1-11-4-17-10-18-16(11)21-7-13-5-20(6-14(13)8-21)9-15-3-12(2)19-22-15/h3-4,10,13-14H,5-9H2,1-2H3. The molecular formula is C16H21N5O. The van der Waals surface area contributed by atoms with E-state index < -0.39 is 0 Å². The van der Waals surface area contributed by atoms with Gasteiger partial charge in [0.15, 0.2) is 5.76 Å². The topological polar surface area (TPSA) is 58.3 Å². The molecule has 0 spiro atoms. The van der Waals surface area contributed by atoms with E-state index in [4.69, 9.17) is 4.52 Å². The summed E-state index contributed by atoms with van der Waals surface area (Å²) < 4.78 is 5.34. The normalized spacial score (nSPS) is 24.9. The van der Waals surface area contributed by atoms with E-state index in [1.807, 2.05) is 19.2 Å². The average molecular weight is 299 g/mol. The van der Waals surface area contributed by atoms with Crippen molar-refractivity contribution < 1.29 is 4.52 Å². The van der Waals surface area contributed by atoms with Gasteiger partial charge in [-0.05, 0) is 25.7 Å². The molecule has 2 aliphatic heterocycles. The third-order valence-corrected chi connectivity index (χ3v) is 4.79. The summed E-state index contributed by atoms with van der Waals surface area (Å²) in [6.07, 6.45) is 3.55. The van der Waals surface area contributed by atoms with Crippen molar-refractivity contribution >= 4 is 5.82 Å². The lowest BCUT2D eigenvalue weighted by molar-refractivity contribution is 0.260. The molecule has 0 N–H and O–H groups in total. The Morgan fingerprint density at radius 2 is 1.95 bits per heavy atom. The predicted molar refractivity (Wildman–Crippen MR) is 82.5 cm³/mol. The highest BCUT2D eigenvalue weighted by molar-refractivity contribution is 5.46. The van der Waals surface area contributed by atoms with Gasteiger partial charge in [-0.3, -0.25) is 4.90 Å². The number of nitrogens with zero attached hydrogens (tertiary/aromatic N) is 5. The number of rotatable bonds is 3. The van der Waals surface area contributed by atoms with Crippen molar-refractivity contribution in [1.82, 2.24) is 20.0 Å². The third kappa shape index (κ3) is 2.47. The zero-order valence-electron chi connectivity index (χ0n) is 13.1. The maximum atomic E-state index is 5.34. The zero-order valence-corrected chi connectivity index (χ0v) is 13.1. The number of hydrogen-bond acceptors (Lipinski definition) is 6. The molecule has 4 heterocycles. The van der Waals surface area contributed by atoms with Crippen molar-refractivity contribution in [3.63, 3.8) is 0 Å². The predicted octanol–water partition coefficient (Wildman–Crippen LogP) is 1.65. The number of fused-ring (bicyclic) bond motifs is 1. The summed E-state index contributed by atoms with van der Waals surface area (Å²) in [6.45, 7) is 9.37. The molecule has 2 atom stereocenters. The molecule has 0 bridgehead atoms. The summed E-state index contributed by atoms with van der Waals surface area (Å²) >= 11 is 0. The molecule has 0 aromatic carbocycles. The highest BCUT2D eigenvalue weighted by Gasteiger charge is 2.40. The molecule has 0 saturated carbocycles. The SMILES string of the molecule is Cc1cc(CN2CC3CN(c4ncncc4C)CC3C2)on1. The molecule has 2 unspecified atom stereocenters. The van der Waals surface area contributed by atoms with Gasteiger partial charge >= 0.3 is 0 Å². The van der Waals surface area contributed by atoms with Gasteiger partial charge in [-0.2, -0.15) is 0 Å². The molecule has 0 amide bonds. The van der Waals surface area contributed by atoms with Gasteiger partial charge in [-0.25, -0.2) is 9.97 Å². The summed E-state index contributed by atoms with van der Waals surface area (Å²) in [5, 5.41) is 3.97. The molecule has 2 fully saturated rings. The summed E-state index contributed by atoms with van der Waals surface area (Å²) in [6, 6.07) is 2.03. The Morgan fingerprint density at radius 1 is 1.18 bits per heavy atom. The van der Waals surface area contributed by atoms with Crippen LogP contribution in [0.3, 0.4) is 0 Å². The lowest BCUT2D eigenvalue weighted by Gasteiger charge is -2.22. The summed E-state index contributed by atoms with van der Waals surface area (Å²) in [4.78, 5) is 13.4. The van der Waals surface area contributed by atoms with Crippen molar-refractivity contribution in [2.75, 3.05) is 31.1 Å². The Bertz CT molecular complexity index is 656. The van der Waals surface area contributed by atoms with Gasteiger partial charge in [0.05, 0.1) is 12.2 Å². The van der Waals surface area contributed by atoms with Crippen LogP contribution in [0.4, 0.5) is 5.82 Å². The summed E-state index contributed by atoms with van der Waals surface area (Å²) in [7, 11) is 0. The van der Waals surface area contributed by atoms with E-state index in [2.05, 4.69) is 31.8 Å². The molecule has 22 heavy (non-hydrogen) atoms. The molecule has 2 aliphatic rings. The number of aromatic nitrogens is 3. The Balaban J connectivity index is 1.39. The van der Waals surface area contributed by atoms with Crippen molar-refractivity contribution in [3.8, 4) is 0 Å². The molecule has 2 aromatic heterocycles. The van der Waals surface area contributed by atoms with Crippen LogP contribution in [0.2, 0.25) is 0 Å². The van der Waals surface area contributed by atoms with E-state index in [0.717, 1.165) is 67.4 Å². The first-order valence-corrected chi connectivity index (χ1v) is 7.85. The molecule has 116 valence electrons. The largest absolute Gasteiger partial charge is 0.360 e. The Morgan fingerprint density at radius 3 is 2.59 bits per heavy atom. The van der Waals surface area contributed by atoms with Gasteiger partial charge in [0.2, 0.25) is 0 Å². The monoisotopic (exact) mass is 299 g/mol. The van der Waals surface area contributed by atoms with Crippen LogP contribution in [-0.4, -0.2) is 46.2 Å². The fraction of sp³-hybridized carbons (Fsp3) is 0.562. The second-order valence-corrected chi connectivity index (χ2v) is 6.58.